The van der Waals surface area contributed by atoms with Gasteiger partial charge < -0.3 is 10.1 Å². The van der Waals surface area contributed by atoms with Gasteiger partial charge in [0.2, 0.25) is 10.1 Å². The molecule has 0 unspecified atom stereocenters. The van der Waals surface area contributed by atoms with Crippen molar-refractivity contribution in [3.63, 3.8) is 0 Å². The molecule has 0 aliphatic rings. The van der Waals surface area contributed by atoms with E-state index in [0.717, 1.165) is 11.1 Å². The average molecular weight is 345 g/mol. The lowest BCUT2D eigenvalue weighted by atomic mass is 10.1. The molecule has 0 atom stereocenters. The highest BCUT2D eigenvalue weighted by molar-refractivity contribution is 7.15. The van der Waals surface area contributed by atoms with Gasteiger partial charge >= 0.3 is 6.18 Å². The Bertz CT molecular complexity index is 677. The van der Waals surface area contributed by atoms with E-state index in [-0.39, 0.29) is 10.7 Å². The molecule has 0 aliphatic heterocycles. The fourth-order valence-electron chi connectivity index (χ4n) is 1.81. The van der Waals surface area contributed by atoms with Gasteiger partial charge in [-0.05, 0) is 39.3 Å². The molecule has 8 heteroatoms. The Morgan fingerprint density at radius 1 is 1.17 bits per heavy atom. The van der Waals surface area contributed by atoms with Crippen LogP contribution in [0.1, 0.15) is 36.9 Å². The topological polar surface area (TPSA) is 47.0 Å². The molecule has 0 amide bonds. The molecule has 0 bridgehead atoms. The molecule has 0 fully saturated rings. The maximum absolute atomic E-state index is 12.5. The highest BCUT2D eigenvalue weighted by Crippen LogP contribution is 2.33. The van der Waals surface area contributed by atoms with E-state index in [2.05, 4.69) is 15.5 Å². The number of halogens is 3. The number of aryl methyl sites for hydroxylation is 1. The van der Waals surface area contributed by atoms with Crippen molar-refractivity contribution in [1.82, 2.24) is 10.2 Å². The summed E-state index contributed by atoms with van der Waals surface area (Å²) in [6.45, 7) is 8.07. The summed E-state index contributed by atoms with van der Waals surface area (Å²) in [5, 5.41) is 8.69. The summed E-state index contributed by atoms with van der Waals surface area (Å²) in [7, 11) is 0. The van der Waals surface area contributed by atoms with Gasteiger partial charge in [0.1, 0.15) is 11.4 Å². The molecule has 0 saturated carbocycles. The van der Waals surface area contributed by atoms with Crippen LogP contribution in [0.2, 0.25) is 0 Å². The smallest absolute Gasteiger partial charge is 0.445 e. The van der Waals surface area contributed by atoms with Gasteiger partial charge in [-0.2, -0.15) is 13.2 Å². The molecule has 1 aromatic heterocycles. The Labute approximate surface area is 136 Å². The van der Waals surface area contributed by atoms with Crippen LogP contribution >= 0.6 is 11.3 Å². The van der Waals surface area contributed by atoms with Crippen LogP contribution in [0, 0.1) is 6.92 Å². The van der Waals surface area contributed by atoms with E-state index < -0.39 is 11.2 Å². The number of ether oxygens (including phenoxy) is 1. The molecule has 4 nitrogen and oxygen atoms in total. The first-order valence-electron chi connectivity index (χ1n) is 6.98. The van der Waals surface area contributed by atoms with E-state index in [9.17, 15) is 13.2 Å². The predicted molar refractivity (Wildman–Crippen MR) is 83.8 cm³/mol. The molecule has 2 aromatic rings. The second kappa shape index (κ2) is 6.35. The Morgan fingerprint density at radius 3 is 2.43 bits per heavy atom. The summed E-state index contributed by atoms with van der Waals surface area (Å²) in [6, 6.07) is 5.71. The van der Waals surface area contributed by atoms with Crippen molar-refractivity contribution in [3.05, 3.63) is 34.3 Å². The van der Waals surface area contributed by atoms with Crippen molar-refractivity contribution in [1.29, 1.82) is 0 Å². The van der Waals surface area contributed by atoms with E-state index in [1.165, 1.54) is 0 Å². The third kappa shape index (κ3) is 5.09. The van der Waals surface area contributed by atoms with Gasteiger partial charge in [0.15, 0.2) is 0 Å². The minimum absolute atomic E-state index is 0.125. The number of nitrogens with one attached hydrogen (secondary N) is 1. The van der Waals surface area contributed by atoms with Gasteiger partial charge in [-0.1, -0.05) is 23.5 Å². The SMILES string of the molecule is Cc1ccc(CNc2nnc(C(F)(F)F)s2)c(OC(C)(C)C)c1. The van der Waals surface area contributed by atoms with Gasteiger partial charge in [-0.3, -0.25) is 0 Å². The van der Waals surface area contributed by atoms with Crippen molar-refractivity contribution >= 4 is 16.5 Å². The van der Waals surface area contributed by atoms with Gasteiger partial charge in [0, 0.05) is 12.1 Å². The first-order valence-corrected chi connectivity index (χ1v) is 7.79. The molecular weight excluding hydrogens is 327 g/mol. The third-order valence-electron chi connectivity index (χ3n) is 2.74. The van der Waals surface area contributed by atoms with Crippen molar-refractivity contribution in [2.75, 3.05) is 5.32 Å². The number of anilines is 1. The number of alkyl halides is 3. The Balaban J connectivity index is 2.13. The van der Waals surface area contributed by atoms with Crippen LogP contribution < -0.4 is 10.1 Å². The molecule has 1 N–H and O–H groups in total. The highest BCUT2D eigenvalue weighted by Gasteiger charge is 2.35. The van der Waals surface area contributed by atoms with Gasteiger partial charge in [-0.15, -0.1) is 10.2 Å². The Hall–Kier alpha value is -1.83. The molecular formula is C15H18F3N3OS. The number of hydrogen-bond acceptors (Lipinski definition) is 5. The van der Waals surface area contributed by atoms with Crippen LogP contribution in [0.4, 0.5) is 18.3 Å². The maximum Gasteiger partial charge on any atom is 0.445 e. The van der Waals surface area contributed by atoms with Crippen LogP contribution in [0.15, 0.2) is 18.2 Å². The molecule has 1 aromatic carbocycles. The van der Waals surface area contributed by atoms with E-state index in [1.54, 1.807) is 0 Å². The van der Waals surface area contributed by atoms with E-state index in [4.69, 9.17) is 4.74 Å². The zero-order valence-corrected chi connectivity index (χ0v) is 14.1. The first kappa shape index (κ1) is 17.5. The molecule has 1 heterocycles. The number of hydrogen-bond donors (Lipinski definition) is 1. The predicted octanol–water partition coefficient (Wildman–Crippen LogP) is 4.65. The monoisotopic (exact) mass is 345 g/mol. The molecule has 0 aliphatic carbocycles. The fraction of sp³-hybridized carbons (Fsp3) is 0.467. The fourth-order valence-corrected chi connectivity index (χ4v) is 2.42. The van der Waals surface area contributed by atoms with E-state index >= 15 is 0 Å². The minimum atomic E-state index is -4.47. The van der Waals surface area contributed by atoms with Crippen molar-refractivity contribution in [2.45, 2.75) is 46.0 Å². The van der Waals surface area contributed by atoms with E-state index in [0.29, 0.717) is 23.6 Å². The standard InChI is InChI=1S/C15H18F3N3OS/c1-9-5-6-10(11(7-9)22-14(2,3)4)8-19-13-21-20-12(23-13)15(16,17)18/h5-7H,8H2,1-4H3,(H,19,21). The summed E-state index contributed by atoms with van der Waals surface area (Å²) < 4.78 is 43.5. The van der Waals surface area contributed by atoms with Crippen LogP contribution in [-0.4, -0.2) is 15.8 Å². The minimum Gasteiger partial charge on any atom is -0.488 e. The molecule has 0 spiro atoms. The third-order valence-corrected chi connectivity index (χ3v) is 3.66. The van der Waals surface area contributed by atoms with E-state index in [1.807, 2.05) is 45.9 Å². The van der Waals surface area contributed by atoms with Crippen molar-refractivity contribution in [2.24, 2.45) is 0 Å². The van der Waals surface area contributed by atoms with Gasteiger partial charge in [0.05, 0.1) is 0 Å². The summed E-state index contributed by atoms with van der Waals surface area (Å²) in [4.78, 5) is 0. The summed E-state index contributed by atoms with van der Waals surface area (Å²) >= 11 is 0.482. The maximum atomic E-state index is 12.5. The Kier molecular flexibility index (Phi) is 4.84. The number of rotatable bonds is 4. The highest BCUT2D eigenvalue weighted by atomic mass is 32.1. The zero-order chi connectivity index (χ0) is 17.3. The van der Waals surface area contributed by atoms with Crippen LogP contribution in [-0.2, 0) is 12.7 Å². The second-order valence-corrected chi connectivity index (χ2v) is 7.07. The largest absolute Gasteiger partial charge is 0.488 e. The molecule has 23 heavy (non-hydrogen) atoms. The average Bonchev–Trinajstić information content (AvgIpc) is 2.84. The summed E-state index contributed by atoms with van der Waals surface area (Å²) in [5.74, 6) is 0.700. The molecule has 2 rings (SSSR count). The Morgan fingerprint density at radius 2 is 1.87 bits per heavy atom. The van der Waals surface area contributed by atoms with Gasteiger partial charge in [-0.25, -0.2) is 0 Å². The lowest BCUT2D eigenvalue weighted by Gasteiger charge is -2.23. The van der Waals surface area contributed by atoms with Crippen LogP contribution in [0.25, 0.3) is 0 Å². The lowest BCUT2D eigenvalue weighted by molar-refractivity contribution is -0.138. The zero-order valence-electron chi connectivity index (χ0n) is 13.3. The number of nitrogens with zero attached hydrogens (tertiary/aromatic N) is 2. The number of aromatic nitrogens is 2. The van der Waals surface area contributed by atoms with Crippen LogP contribution in [0.3, 0.4) is 0 Å². The lowest BCUT2D eigenvalue weighted by Crippen LogP contribution is -2.24. The first-order chi connectivity index (χ1) is 10.5. The normalized spacial score (nSPS) is 12.3. The number of benzene rings is 1. The van der Waals surface area contributed by atoms with Crippen LogP contribution in [0.5, 0.6) is 5.75 Å². The molecule has 126 valence electrons. The molecule has 0 radical (unpaired) electrons. The summed E-state index contributed by atoms with van der Waals surface area (Å²) in [5.41, 5.74) is 1.52. The van der Waals surface area contributed by atoms with Crippen molar-refractivity contribution < 1.29 is 17.9 Å². The summed E-state index contributed by atoms with van der Waals surface area (Å²) in [6.07, 6.45) is -4.47. The molecule has 0 saturated heterocycles. The van der Waals surface area contributed by atoms with Gasteiger partial charge in [0.25, 0.3) is 0 Å². The second-order valence-electron chi connectivity index (χ2n) is 6.09. The quantitative estimate of drug-likeness (QED) is 0.876. The van der Waals surface area contributed by atoms with Crippen molar-refractivity contribution in [3.8, 4) is 5.75 Å².